The van der Waals surface area contributed by atoms with Gasteiger partial charge in [0.2, 0.25) is 11.8 Å². The third-order valence-electron chi connectivity index (χ3n) is 5.32. The molecule has 2 heterocycles. The van der Waals surface area contributed by atoms with Crippen molar-refractivity contribution in [2.45, 2.75) is 25.9 Å². The first-order chi connectivity index (χ1) is 15.2. The quantitative estimate of drug-likeness (QED) is 0.609. The number of nitrogens with one attached hydrogen (secondary N) is 2. The highest BCUT2D eigenvalue weighted by atomic mass is 19.4. The molecule has 3 aromatic rings. The van der Waals surface area contributed by atoms with Crippen LogP contribution in [-0.4, -0.2) is 29.9 Å². The summed E-state index contributed by atoms with van der Waals surface area (Å²) in [6.45, 7) is 2.20. The number of carbonyl (C=O) groups is 2. The molecular formula is C22H21F3N4O3. The second kappa shape index (κ2) is 8.52. The number of alkyl halides is 3. The number of hydrogen-bond donors (Lipinski definition) is 2. The number of hydrogen-bond acceptors (Lipinski definition) is 5. The minimum Gasteiger partial charge on any atom is -0.423 e. The summed E-state index contributed by atoms with van der Waals surface area (Å²) in [6, 6.07) is 11.1. The zero-order valence-corrected chi connectivity index (χ0v) is 17.2. The molecule has 1 aliphatic heterocycles. The van der Waals surface area contributed by atoms with Gasteiger partial charge in [-0.15, -0.1) is 0 Å². The molecule has 2 aromatic carbocycles. The summed E-state index contributed by atoms with van der Waals surface area (Å²) < 4.78 is 46.2. The molecule has 0 spiro atoms. The van der Waals surface area contributed by atoms with Crippen LogP contribution in [0.1, 0.15) is 25.3 Å². The van der Waals surface area contributed by atoms with E-state index in [0.717, 1.165) is 17.6 Å². The molecule has 2 amide bonds. The van der Waals surface area contributed by atoms with Gasteiger partial charge in [0.15, 0.2) is 5.58 Å². The SMILES string of the molecule is CC(=O)Nc1ccc(NC(=O)C2CCN(c3nc4ccccc4o3)CC2)c(C(F)(F)F)c1. The lowest BCUT2D eigenvalue weighted by atomic mass is 9.96. The highest BCUT2D eigenvalue weighted by Crippen LogP contribution is 2.37. The highest BCUT2D eigenvalue weighted by Gasteiger charge is 2.35. The number of aromatic nitrogens is 1. The molecule has 10 heteroatoms. The monoisotopic (exact) mass is 446 g/mol. The predicted molar refractivity (Wildman–Crippen MR) is 113 cm³/mol. The smallest absolute Gasteiger partial charge is 0.418 e. The van der Waals surface area contributed by atoms with Crippen molar-refractivity contribution in [3.63, 3.8) is 0 Å². The first-order valence-electron chi connectivity index (χ1n) is 10.1. The van der Waals surface area contributed by atoms with E-state index in [-0.39, 0.29) is 11.4 Å². The summed E-state index contributed by atoms with van der Waals surface area (Å²) in [7, 11) is 0. The van der Waals surface area contributed by atoms with Crippen LogP contribution in [0.25, 0.3) is 11.1 Å². The molecule has 4 rings (SSSR count). The average Bonchev–Trinajstić information content (AvgIpc) is 3.18. The molecule has 1 saturated heterocycles. The van der Waals surface area contributed by atoms with Crippen molar-refractivity contribution in [1.29, 1.82) is 0 Å². The number of carbonyl (C=O) groups excluding carboxylic acids is 2. The minimum absolute atomic E-state index is 0.00877. The first-order valence-corrected chi connectivity index (χ1v) is 10.1. The van der Waals surface area contributed by atoms with E-state index in [1.54, 1.807) is 0 Å². The van der Waals surface area contributed by atoms with Gasteiger partial charge in [0, 0.05) is 31.6 Å². The van der Waals surface area contributed by atoms with Crippen molar-refractivity contribution >= 4 is 40.3 Å². The summed E-state index contributed by atoms with van der Waals surface area (Å²) in [5.74, 6) is -1.40. The van der Waals surface area contributed by atoms with E-state index in [0.29, 0.717) is 37.5 Å². The van der Waals surface area contributed by atoms with Crippen LogP contribution in [0, 0.1) is 5.92 Å². The van der Waals surface area contributed by atoms with Crippen LogP contribution < -0.4 is 15.5 Å². The minimum atomic E-state index is -4.69. The lowest BCUT2D eigenvalue weighted by Gasteiger charge is -2.30. The van der Waals surface area contributed by atoms with Gasteiger partial charge in [-0.2, -0.15) is 18.2 Å². The Kier molecular flexibility index (Phi) is 5.77. The van der Waals surface area contributed by atoms with Crippen LogP contribution >= 0.6 is 0 Å². The number of anilines is 3. The third-order valence-corrected chi connectivity index (χ3v) is 5.32. The maximum atomic E-state index is 13.5. The van der Waals surface area contributed by atoms with E-state index < -0.39 is 29.5 Å². The lowest BCUT2D eigenvalue weighted by molar-refractivity contribution is -0.137. The summed E-state index contributed by atoms with van der Waals surface area (Å²) in [6.07, 6.45) is -3.78. The summed E-state index contributed by atoms with van der Waals surface area (Å²) in [5, 5.41) is 4.73. The zero-order chi connectivity index (χ0) is 22.9. The Balaban J connectivity index is 1.43. The number of nitrogens with zero attached hydrogens (tertiary/aromatic N) is 2. The largest absolute Gasteiger partial charge is 0.423 e. The molecular weight excluding hydrogens is 425 g/mol. The van der Waals surface area contributed by atoms with Crippen LogP contribution in [0.5, 0.6) is 0 Å². The first kappa shape index (κ1) is 21.7. The highest BCUT2D eigenvalue weighted by molar-refractivity contribution is 5.94. The number of rotatable bonds is 4. The van der Waals surface area contributed by atoms with E-state index in [9.17, 15) is 22.8 Å². The van der Waals surface area contributed by atoms with E-state index in [1.165, 1.54) is 13.0 Å². The van der Waals surface area contributed by atoms with Gasteiger partial charge < -0.3 is 20.0 Å². The number of amides is 2. The lowest BCUT2D eigenvalue weighted by Crippen LogP contribution is -2.38. The fourth-order valence-corrected chi connectivity index (χ4v) is 3.73. The number of piperidine rings is 1. The van der Waals surface area contributed by atoms with Crippen molar-refractivity contribution in [1.82, 2.24) is 4.98 Å². The van der Waals surface area contributed by atoms with Gasteiger partial charge in [-0.3, -0.25) is 9.59 Å². The Morgan fingerprint density at radius 2 is 1.81 bits per heavy atom. The van der Waals surface area contributed by atoms with Crippen molar-refractivity contribution in [2.24, 2.45) is 5.92 Å². The molecule has 2 N–H and O–H groups in total. The van der Waals surface area contributed by atoms with E-state index in [4.69, 9.17) is 4.42 Å². The van der Waals surface area contributed by atoms with Crippen molar-refractivity contribution < 1.29 is 27.2 Å². The maximum Gasteiger partial charge on any atom is 0.418 e. The average molecular weight is 446 g/mol. The van der Waals surface area contributed by atoms with Crippen molar-refractivity contribution in [3.05, 3.63) is 48.0 Å². The molecule has 168 valence electrons. The topological polar surface area (TPSA) is 87.5 Å². The molecule has 7 nitrogen and oxygen atoms in total. The molecule has 1 aromatic heterocycles. The van der Waals surface area contributed by atoms with E-state index >= 15 is 0 Å². The second-order valence-electron chi connectivity index (χ2n) is 7.65. The fraction of sp³-hybridized carbons (Fsp3) is 0.318. The number of fused-ring (bicyclic) bond motifs is 1. The van der Waals surface area contributed by atoms with Gasteiger partial charge in [0.1, 0.15) is 5.52 Å². The molecule has 0 atom stereocenters. The molecule has 0 bridgehead atoms. The molecule has 0 radical (unpaired) electrons. The summed E-state index contributed by atoms with van der Waals surface area (Å²) >= 11 is 0. The van der Waals surface area contributed by atoms with Crippen LogP contribution in [-0.2, 0) is 15.8 Å². The molecule has 0 aliphatic carbocycles. The van der Waals surface area contributed by atoms with Gasteiger partial charge in [-0.05, 0) is 43.2 Å². The van der Waals surface area contributed by atoms with Crippen LogP contribution in [0.4, 0.5) is 30.6 Å². The number of para-hydroxylation sites is 2. The van der Waals surface area contributed by atoms with Crippen LogP contribution in [0.15, 0.2) is 46.9 Å². The number of oxazole rings is 1. The Morgan fingerprint density at radius 1 is 1.09 bits per heavy atom. The van der Waals surface area contributed by atoms with E-state index in [2.05, 4.69) is 15.6 Å². The summed E-state index contributed by atoms with van der Waals surface area (Å²) in [4.78, 5) is 30.2. The number of benzene rings is 2. The van der Waals surface area contributed by atoms with Gasteiger partial charge in [0.05, 0.1) is 11.3 Å². The van der Waals surface area contributed by atoms with Crippen molar-refractivity contribution in [2.75, 3.05) is 28.6 Å². The summed E-state index contributed by atoms with van der Waals surface area (Å²) in [5.41, 5.74) is 0.0722. The fourth-order valence-electron chi connectivity index (χ4n) is 3.73. The molecule has 1 fully saturated rings. The van der Waals surface area contributed by atoms with Crippen LogP contribution in [0.2, 0.25) is 0 Å². The molecule has 0 saturated carbocycles. The maximum absolute atomic E-state index is 13.5. The number of halogens is 3. The van der Waals surface area contributed by atoms with Crippen molar-refractivity contribution in [3.8, 4) is 0 Å². The van der Waals surface area contributed by atoms with E-state index in [1.807, 2.05) is 29.2 Å². The Hall–Kier alpha value is -3.56. The second-order valence-corrected chi connectivity index (χ2v) is 7.65. The Morgan fingerprint density at radius 3 is 2.47 bits per heavy atom. The van der Waals surface area contributed by atoms with Gasteiger partial charge in [0.25, 0.3) is 6.01 Å². The zero-order valence-electron chi connectivity index (χ0n) is 17.2. The third kappa shape index (κ3) is 4.68. The standard InChI is InChI=1S/C22H21F3N4O3/c1-13(30)26-15-6-7-17(16(12-15)22(23,24)25)27-20(31)14-8-10-29(11-9-14)21-28-18-4-2-3-5-19(18)32-21/h2-7,12,14H,8-11H2,1H3,(H,26,30)(H,27,31). The van der Waals surface area contributed by atoms with Gasteiger partial charge in [-0.1, -0.05) is 12.1 Å². The Bertz CT molecular complexity index is 1120. The molecule has 0 unspecified atom stereocenters. The van der Waals surface area contributed by atoms with Gasteiger partial charge >= 0.3 is 6.18 Å². The van der Waals surface area contributed by atoms with Gasteiger partial charge in [-0.25, -0.2) is 0 Å². The predicted octanol–water partition coefficient (Wildman–Crippen LogP) is 4.66. The van der Waals surface area contributed by atoms with Crippen LogP contribution in [0.3, 0.4) is 0 Å². The normalized spacial score (nSPS) is 15.1. The molecule has 1 aliphatic rings. The Labute approximate surface area is 181 Å². The molecule has 32 heavy (non-hydrogen) atoms.